The number of amides is 1. The van der Waals surface area contributed by atoms with Gasteiger partial charge < -0.3 is 10.1 Å². The van der Waals surface area contributed by atoms with Gasteiger partial charge in [0.1, 0.15) is 5.75 Å². The Morgan fingerprint density at radius 1 is 1.48 bits per heavy atom. The fourth-order valence-electron chi connectivity index (χ4n) is 2.67. The summed E-state index contributed by atoms with van der Waals surface area (Å²) in [7, 11) is 0. The molecule has 122 valence electrons. The molecule has 1 aromatic heterocycles. The van der Waals surface area contributed by atoms with Crippen molar-refractivity contribution in [1.29, 1.82) is 0 Å². The van der Waals surface area contributed by atoms with Gasteiger partial charge in [0.15, 0.2) is 0 Å². The number of ether oxygens (including phenoxy) is 1. The van der Waals surface area contributed by atoms with Crippen LogP contribution in [0.1, 0.15) is 17.7 Å². The number of carbonyl (C=O) groups excluding carboxylic acids is 1. The zero-order valence-corrected chi connectivity index (χ0v) is 12.5. The highest BCUT2D eigenvalue weighted by Gasteiger charge is 2.26. The van der Waals surface area contributed by atoms with Crippen LogP contribution in [0.25, 0.3) is 0 Å². The maximum atomic E-state index is 12.4. The maximum Gasteiger partial charge on any atom is 0.387 e. The molecule has 1 unspecified atom stereocenters. The summed E-state index contributed by atoms with van der Waals surface area (Å²) < 4.78 is 30.5. The molecule has 1 atom stereocenters. The number of aryl methyl sites for hydroxylation is 2. The Labute approximate surface area is 131 Å². The van der Waals surface area contributed by atoms with E-state index in [9.17, 15) is 13.6 Å². The van der Waals surface area contributed by atoms with Crippen molar-refractivity contribution in [2.75, 3.05) is 5.32 Å². The van der Waals surface area contributed by atoms with Gasteiger partial charge in [0, 0.05) is 24.6 Å². The standard InChI is InChI=1S/C15H16F2N4O2/c1-9-6-12(23-15(16)17)2-3-13(9)19-14(22)10-4-5-21-11(7-10)8-18-20-21/h2-3,6,8,10,15H,4-5,7H2,1H3,(H,19,22). The second-order valence-corrected chi connectivity index (χ2v) is 5.48. The van der Waals surface area contributed by atoms with Crippen LogP contribution in [0.15, 0.2) is 24.4 Å². The smallest absolute Gasteiger partial charge is 0.387 e. The van der Waals surface area contributed by atoms with Crippen molar-refractivity contribution in [2.45, 2.75) is 32.9 Å². The minimum absolute atomic E-state index is 0.0724. The molecule has 0 aliphatic carbocycles. The first-order valence-corrected chi connectivity index (χ1v) is 7.26. The van der Waals surface area contributed by atoms with Crippen molar-refractivity contribution in [2.24, 2.45) is 5.92 Å². The number of benzene rings is 1. The van der Waals surface area contributed by atoms with Gasteiger partial charge in [-0.25, -0.2) is 4.68 Å². The van der Waals surface area contributed by atoms with E-state index in [1.807, 2.05) is 0 Å². The predicted octanol–water partition coefficient (Wildman–Crippen LogP) is 2.39. The van der Waals surface area contributed by atoms with Crippen LogP contribution >= 0.6 is 0 Å². The van der Waals surface area contributed by atoms with Crippen LogP contribution in [0.2, 0.25) is 0 Å². The number of halogens is 2. The average Bonchev–Trinajstić information content (AvgIpc) is 2.96. The number of nitrogens with zero attached hydrogens (tertiary/aromatic N) is 3. The number of anilines is 1. The fraction of sp³-hybridized carbons (Fsp3) is 0.400. The van der Waals surface area contributed by atoms with E-state index in [1.165, 1.54) is 12.1 Å². The molecular weight excluding hydrogens is 306 g/mol. The number of hydrogen-bond acceptors (Lipinski definition) is 4. The number of aromatic nitrogens is 3. The normalized spacial score (nSPS) is 17.0. The SMILES string of the molecule is Cc1cc(OC(F)F)ccc1NC(=O)C1CCn2nncc2C1. The molecule has 1 aliphatic rings. The largest absolute Gasteiger partial charge is 0.435 e. The lowest BCUT2D eigenvalue weighted by Crippen LogP contribution is -2.30. The summed E-state index contributed by atoms with van der Waals surface area (Å²) in [6, 6.07) is 4.45. The molecule has 8 heteroatoms. The molecule has 0 fully saturated rings. The Morgan fingerprint density at radius 2 is 2.30 bits per heavy atom. The third-order valence-electron chi connectivity index (χ3n) is 3.89. The van der Waals surface area contributed by atoms with Crippen LogP contribution in [0, 0.1) is 12.8 Å². The van der Waals surface area contributed by atoms with Gasteiger partial charge in [-0.15, -0.1) is 5.10 Å². The highest BCUT2D eigenvalue weighted by molar-refractivity contribution is 5.93. The zero-order valence-electron chi connectivity index (χ0n) is 12.5. The molecule has 23 heavy (non-hydrogen) atoms. The lowest BCUT2D eigenvalue weighted by molar-refractivity contribution is -0.120. The van der Waals surface area contributed by atoms with E-state index in [0.29, 0.717) is 30.6 Å². The van der Waals surface area contributed by atoms with Crippen molar-refractivity contribution < 1.29 is 18.3 Å². The topological polar surface area (TPSA) is 69.0 Å². The van der Waals surface area contributed by atoms with E-state index in [4.69, 9.17) is 0 Å². The number of nitrogens with one attached hydrogen (secondary N) is 1. The van der Waals surface area contributed by atoms with Crippen LogP contribution in [-0.2, 0) is 17.8 Å². The molecular formula is C15H16F2N4O2. The summed E-state index contributed by atoms with van der Waals surface area (Å²) in [6.07, 6.45) is 2.94. The van der Waals surface area contributed by atoms with E-state index < -0.39 is 6.61 Å². The molecule has 3 rings (SSSR count). The number of alkyl halides is 2. The van der Waals surface area contributed by atoms with Gasteiger partial charge in [0.25, 0.3) is 0 Å². The van der Waals surface area contributed by atoms with Crippen molar-refractivity contribution >= 4 is 11.6 Å². The third kappa shape index (κ3) is 3.46. The summed E-state index contributed by atoms with van der Waals surface area (Å²) in [6.45, 7) is -0.475. The van der Waals surface area contributed by atoms with Crippen molar-refractivity contribution in [3.05, 3.63) is 35.7 Å². The summed E-state index contributed by atoms with van der Waals surface area (Å²) in [5.41, 5.74) is 2.20. The zero-order chi connectivity index (χ0) is 16.4. The van der Waals surface area contributed by atoms with E-state index in [2.05, 4.69) is 20.4 Å². The summed E-state index contributed by atoms with van der Waals surface area (Å²) >= 11 is 0. The number of rotatable bonds is 4. The van der Waals surface area contributed by atoms with Gasteiger partial charge in [0.2, 0.25) is 5.91 Å². The number of carbonyl (C=O) groups is 1. The Kier molecular flexibility index (Phi) is 4.22. The maximum absolute atomic E-state index is 12.4. The number of fused-ring (bicyclic) bond motifs is 1. The van der Waals surface area contributed by atoms with Gasteiger partial charge in [-0.3, -0.25) is 4.79 Å². The predicted molar refractivity (Wildman–Crippen MR) is 78.3 cm³/mol. The fourth-order valence-corrected chi connectivity index (χ4v) is 2.67. The van der Waals surface area contributed by atoms with Crippen LogP contribution in [0.5, 0.6) is 5.75 Å². The highest BCUT2D eigenvalue weighted by Crippen LogP contribution is 2.25. The minimum atomic E-state index is -2.87. The van der Waals surface area contributed by atoms with Crippen molar-refractivity contribution in [3.8, 4) is 5.75 Å². The Balaban J connectivity index is 1.66. The van der Waals surface area contributed by atoms with Gasteiger partial charge in [-0.1, -0.05) is 5.21 Å². The molecule has 0 radical (unpaired) electrons. The number of hydrogen-bond donors (Lipinski definition) is 1. The van der Waals surface area contributed by atoms with E-state index in [0.717, 1.165) is 5.69 Å². The van der Waals surface area contributed by atoms with Gasteiger partial charge in [-0.2, -0.15) is 8.78 Å². The molecule has 2 heterocycles. The minimum Gasteiger partial charge on any atom is -0.435 e. The Bertz CT molecular complexity index is 717. The molecule has 6 nitrogen and oxygen atoms in total. The molecule has 1 aromatic carbocycles. The monoisotopic (exact) mass is 322 g/mol. The molecule has 0 saturated carbocycles. The van der Waals surface area contributed by atoms with Gasteiger partial charge >= 0.3 is 6.61 Å². The quantitative estimate of drug-likeness (QED) is 0.938. The van der Waals surface area contributed by atoms with Crippen LogP contribution < -0.4 is 10.1 Å². The van der Waals surface area contributed by atoms with Gasteiger partial charge in [-0.05, 0) is 37.1 Å². The molecule has 1 amide bonds. The molecule has 0 saturated heterocycles. The second kappa shape index (κ2) is 6.31. The molecule has 1 N–H and O–H groups in total. The highest BCUT2D eigenvalue weighted by atomic mass is 19.3. The molecule has 2 aromatic rings. The first kappa shape index (κ1) is 15.4. The van der Waals surface area contributed by atoms with Crippen molar-refractivity contribution in [1.82, 2.24) is 15.0 Å². The third-order valence-corrected chi connectivity index (χ3v) is 3.89. The Morgan fingerprint density at radius 3 is 3.04 bits per heavy atom. The lowest BCUT2D eigenvalue weighted by Gasteiger charge is -2.22. The van der Waals surface area contributed by atoms with Crippen LogP contribution in [0.4, 0.5) is 14.5 Å². The summed E-state index contributed by atoms with van der Waals surface area (Å²) in [5, 5.41) is 10.6. The van der Waals surface area contributed by atoms with Crippen LogP contribution in [0.3, 0.4) is 0 Å². The molecule has 1 aliphatic heterocycles. The van der Waals surface area contributed by atoms with E-state index in [1.54, 1.807) is 23.9 Å². The van der Waals surface area contributed by atoms with E-state index in [-0.39, 0.29) is 17.6 Å². The second-order valence-electron chi connectivity index (χ2n) is 5.48. The average molecular weight is 322 g/mol. The Hall–Kier alpha value is -2.51. The van der Waals surface area contributed by atoms with Gasteiger partial charge in [0.05, 0.1) is 11.9 Å². The molecule has 0 bridgehead atoms. The van der Waals surface area contributed by atoms with Crippen molar-refractivity contribution in [3.63, 3.8) is 0 Å². The summed E-state index contributed by atoms with van der Waals surface area (Å²) in [5.74, 6) is -0.177. The first-order chi connectivity index (χ1) is 11.0. The summed E-state index contributed by atoms with van der Waals surface area (Å²) in [4.78, 5) is 12.4. The first-order valence-electron chi connectivity index (χ1n) is 7.26. The van der Waals surface area contributed by atoms with Crippen LogP contribution in [-0.4, -0.2) is 27.5 Å². The lowest BCUT2D eigenvalue weighted by atomic mass is 9.95. The van der Waals surface area contributed by atoms with E-state index >= 15 is 0 Å². The molecule has 0 spiro atoms.